The average molecular weight is 303 g/mol. The van der Waals surface area contributed by atoms with E-state index in [0.717, 1.165) is 10.0 Å². The zero-order valence-electron chi connectivity index (χ0n) is 9.93. The van der Waals surface area contributed by atoms with E-state index in [1.165, 1.54) is 11.3 Å². The van der Waals surface area contributed by atoms with E-state index in [1.54, 1.807) is 12.1 Å². The maximum atomic E-state index is 5.95. The van der Waals surface area contributed by atoms with Crippen molar-refractivity contribution >= 4 is 34.5 Å². The number of hydrogen-bond donors (Lipinski definition) is 0. The third kappa shape index (κ3) is 3.34. The second kappa shape index (κ2) is 5.87. The lowest BCUT2D eigenvalue weighted by molar-refractivity contribution is 0.225. The molecule has 1 heterocycles. The van der Waals surface area contributed by atoms with Crippen molar-refractivity contribution in [3.63, 3.8) is 0 Å². The topological polar surface area (TPSA) is 35.0 Å². The van der Waals surface area contributed by atoms with Gasteiger partial charge in [-0.1, -0.05) is 29.0 Å². The predicted molar refractivity (Wildman–Crippen MR) is 74.7 cm³/mol. The lowest BCUT2D eigenvalue weighted by atomic mass is 10.3. The first-order valence-corrected chi connectivity index (χ1v) is 7.09. The van der Waals surface area contributed by atoms with Crippen molar-refractivity contribution in [3.05, 3.63) is 39.3 Å². The van der Waals surface area contributed by atoms with E-state index < -0.39 is 0 Å². The number of ether oxygens (including phenoxy) is 1. The number of halogens is 2. The second-order valence-corrected chi connectivity index (χ2v) is 5.94. The highest BCUT2D eigenvalue weighted by Crippen LogP contribution is 2.29. The van der Waals surface area contributed by atoms with Crippen molar-refractivity contribution in [3.8, 4) is 5.75 Å². The number of rotatable bonds is 4. The molecule has 0 aliphatic rings. The first-order valence-electron chi connectivity index (χ1n) is 5.46. The molecule has 0 N–H and O–H groups in total. The number of alkyl halides is 1. The van der Waals surface area contributed by atoms with Crippen molar-refractivity contribution in [2.45, 2.75) is 25.3 Å². The fourth-order valence-electron chi connectivity index (χ4n) is 1.37. The highest BCUT2D eigenvalue weighted by Gasteiger charge is 2.16. The fraction of sp³-hybridized carbons (Fsp3) is 0.333. The molecule has 18 heavy (non-hydrogen) atoms. The molecule has 2 aromatic rings. The van der Waals surface area contributed by atoms with Crippen LogP contribution in [-0.4, -0.2) is 10.2 Å². The minimum absolute atomic E-state index is 0.130. The molecule has 1 aromatic heterocycles. The summed E-state index contributed by atoms with van der Waals surface area (Å²) in [6.45, 7) is 3.79. The largest absolute Gasteiger partial charge is 0.483 e. The molecular formula is C12H12Cl2N2OS. The zero-order valence-corrected chi connectivity index (χ0v) is 12.3. The van der Waals surface area contributed by atoms with E-state index in [9.17, 15) is 0 Å². The van der Waals surface area contributed by atoms with Gasteiger partial charge in [0.2, 0.25) is 0 Å². The van der Waals surface area contributed by atoms with Crippen LogP contribution in [0.5, 0.6) is 5.75 Å². The number of benzene rings is 1. The minimum Gasteiger partial charge on any atom is -0.483 e. The van der Waals surface area contributed by atoms with E-state index in [-0.39, 0.29) is 11.5 Å². The van der Waals surface area contributed by atoms with Gasteiger partial charge in [0.1, 0.15) is 16.9 Å². The van der Waals surface area contributed by atoms with Crippen LogP contribution in [-0.2, 0) is 0 Å². The van der Waals surface area contributed by atoms with Crippen molar-refractivity contribution in [1.29, 1.82) is 0 Å². The molecule has 2 rings (SSSR count). The van der Waals surface area contributed by atoms with Crippen LogP contribution in [0.2, 0.25) is 5.02 Å². The van der Waals surface area contributed by atoms with E-state index in [0.29, 0.717) is 10.8 Å². The first-order chi connectivity index (χ1) is 8.56. The van der Waals surface area contributed by atoms with Crippen LogP contribution >= 0.6 is 34.5 Å². The van der Waals surface area contributed by atoms with Crippen LogP contribution in [0.25, 0.3) is 0 Å². The summed E-state index contributed by atoms with van der Waals surface area (Å²) in [6.07, 6.45) is -0.176. The molecule has 1 aromatic carbocycles. The van der Waals surface area contributed by atoms with Gasteiger partial charge in [0.05, 0.1) is 5.38 Å². The van der Waals surface area contributed by atoms with Crippen LogP contribution in [0, 0.1) is 0 Å². The summed E-state index contributed by atoms with van der Waals surface area (Å²) in [5, 5.41) is 10.2. The summed E-state index contributed by atoms with van der Waals surface area (Å²) in [4.78, 5) is 0. The summed E-state index contributed by atoms with van der Waals surface area (Å²) >= 11 is 13.3. The van der Waals surface area contributed by atoms with Gasteiger partial charge in [-0.2, -0.15) is 0 Å². The lowest BCUT2D eigenvalue weighted by Gasteiger charge is -2.11. The lowest BCUT2D eigenvalue weighted by Crippen LogP contribution is -2.02. The molecule has 0 aliphatic carbocycles. The van der Waals surface area contributed by atoms with Gasteiger partial charge in [-0.3, -0.25) is 0 Å². The Morgan fingerprint density at radius 1 is 1.22 bits per heavy atom. The molecule has 0 aliphatic heterocycles. The van der Waals surface area contributed by atoms with Crippen molar-refractivity contribution in [2.75, 3.05) is 0 Å². The van der Waals surface area contributed by atoms with Crippen molar-refractivity contribution < 1.29 is 4.74 Å². The Morgan fingerprint density at radius 2 is 1.94 bits per heavy atom. The third-order valence-corrected chi connectivity index (χ3v) is 4.09. The van der Waals surface area contributed by atoms with Gasteiger partial charge in [-0.25, -0.2) is 0 Å². The molecular weight excluding hydrogens is 291 g/mol. The quantitative estimate of drug-likeness (QED) is 0.772. The Hall–Kier alpha value is -0.840. The molecule has 0 amide bonds. The molecule has 0 spiro atoms. The number of hydrogen-bond acceptors (Lipinski definition) is 4. The Bertz CT molecular complexity index is 530. The van der Waals surface area contributed by atoms with Gasteiger partial charge in [0, 0.05) is 5.02 Å². The minimum atomic E-state index is -0.176. The van der Waals surface area contributed by atoms with Crippen molar-refractivity contribution in [2.24, 2.45) is 0 Å². The van der Waals surface area contributed by atoms with E-state index in [4.69, 9.17) is 27.9 Å². The molecule has 6 heteroatoms. The molecule has 3 nitrogen and oxygen atoms in total. The maximum absolute atomic E-state index is 5.95. The molecule has 0 saturated heterocycles. The van der Waals surface area contributed by atoms with Gasteiger partial charge < -0.3 is 4.74 Å². The van der Waals surface area contributed by atoms with E-state index >= 15 is 0 Å². The summed E-state index contributed by atoms with van der Waals surface area (Å²) in [6, 6.07) is 7.27. The average Bonchev–Trinajstić information content (AvgIpc) is 2.78. The molecule has 0 radical (unpaired) electrons. The summed E-state index contributed by atoms with van der Waals surface area (Å²) < 4.78 is 5.75. The fourth-order valence-corrected chi connectivity index (χ4v) is 2.48. The molecule has 0 fully saturated rings. The molecule has 0 bridgehead atoms. The normalized spacial score (nSPS) is 14.2. The molecule has 2 unspecified atom stereocenters. The van der Waals surface area contributed by atoms with Gasteiger partial charge in [0.25, 0.3) is 0 Å². The SMILES string of the molecule is CC(Cl)c1nnc(C(C)Oc2cccc(Cl)c2)s1. The summed E-state index contributed by atoms with van der Waals surface area (Å²) in [5.41, 5.74) is 0. The van der Waals surface area contributed by atoms with Crippen LogP contribution in [0.4, 0.5) is 0 Å². The van der Waals surface area contributed by atoms with Crippen LogP contribution in [0.15, 0.2) is 24.3 Å². The number of nitrogens with zero attached hydrogens (tertiary/aromatic N) is 2. The van der Waals surface area contributed by atoms with E-state index in [1.807, 2.05) is 26.0 Å². The molecule has 0 saturated carbocycles. The van der Waals surface area contributed by atoms with Gasteiger partial charge in [0.15, 0.2) is 5.01 Å². The molecule has 96 valence electrons. The zero-order chi connectivity index (χ0) is 13.1. The summed E-state index contributed by atoms with van der Waals surface area (Å²) in [7, 11) is 0. The van der Waals surface area contributed by atoms with Gasteiger partial charge in [-0.05, 0) is 32.0 Å². The smallest absolute Gasteiger partial charge is 0.157 e. The van der Waals surface area contributed by atoms with Crippen LogP contribution in [0.1, 0.15) is 35.3 Å². The van der Waals surface area contributed by atoms with Crippen LogP contribution in [0.3, 0.4) is 0 Å². The van der Waals surface area contributed by atoms with Crippen molar-refractivity contribution in [1.82, 2.24) is 10.2 Å². The van der Waals surface area contributed by atoms with Gasteiger partial charge in [-0.15, -0.1) is 21.8 Å². The standard InChI is InChI=1S/C12H12Cl2N2OS/c1-7(13)11-15-16-12(18-11)8(2)17-10-5-3-4-9(14)6-10/h3-8H,1-2H3. The highest BCUT2D eigenvalue weighted by molar-refractivity contribution is 7.11. The Kier molecular flexibility index (Phi) is 4.43. The number of aromatic nitrogens is 2. The maximum Gasteiger partial charge on any atom is 0.157 e. The monoisotopic (exact) mass is 302 g/mol. The van der Waals surface area contributed by atoms with Gasteiger partial charge >= 0.3 is 0 Å². The summed E-state index contributed by atoms with van der Waals surface area (Å²) in [5.74, 6) is 0.714. The third-order valence-electron chi connectivity index (χ3n) is 2.25. The first kappa shape index (κ1) is 13.6. The Balaban J connectivity index is 2.09. The Labute approximate surface area is 120 Å². The van der Waals surface area contributed by atoms with E-state index in [2.05, 4.69) is 10.2 Å². The predicted octanol–water partition coefficient (Wildman–Crippen LogP) is 4.63. The highest BCUT2D eigenvalue weighted by atomic mass is 35.5. The Morgan fingerprint density at radius 3 is 2.56 bits per heavy atom. The van der Waals surface area contributed by atoms with Crippen LogP contribution < -0.4 is 4.74 Å². The molecule has 2 atom stereocenters. The second-order valence-electron chi connectivity index (χ2n) is 3.81.